The lowest BCUT2D eigenvalue weighted by molar-refractivity contribution is -0.116. The summed E-state index contributed by atoms with van der Waals surface area (Å²) < 4.78 is 27.6. The molecule has 138 valence electrons. The molecule has 1 aliphatic rings. The van der Waals surface area contributed by atoms with Gasteiger partial charge in [0.15, 0.2) is 0 Å². The predicted molar refractivity (Wildman–Crippen MR) is 103 cm³/mol. The normalized spacial score (nSPS) is 13.8. The molecule has 0 atom stereocenters. The van der Waals surface area contributed by atoms with Crippen LogP contribution >= 0.6 is 0 Å². The summed E-state index contributed by atoms with van der Waals surface area (Å²) in [7, 11) is -1.56. The number of amides is 1. The van der Waals surface area contributed by atoms with Crippen molar-refractivity contribution in [1.29, 1.82) is 0 Å². The van der Waals surface area contributed by atoms with Crippen LogP contribution < -0.4 is 14.9 Å². The second-order valence-electron chi connectivity index (χ2n) is 6.38. The van der Waals surface area contributed by atoms with Crippen molar-refractivity contribution < 1.29 is 13.2 Å². The summed E-state index contributed by atoms with van der Waals surface area (Å²) in [5.41, 5.74) is 2.66. The minimum absolute atomic E-state index is 0.0335. The maximum atomic E-state index is 12.5. The second kappa shape index (κ2) is 7.88. The molecule has 0 unspecified atom stereocenters. The molecule has 2 N–H and O–H groups in total. The monoisotopic (exact) mass is 373 g/mol. The molecule has 26 heavy (non-hydrogen) atoms. The standard InChI is InChI=1S/C19H23N3O3S/c1-22(16-6-3-2-4-7-16)13-5-12-20-26(24,25)17-9-10-18-15(14-17)8-11-19(23)21-18/h2-4,6-7,9-10,14,20H,5,8,11-13H2,1H3,(H,21,23). The van der Waals surface area contributed by atoms with Crippen molar-refractivity contribution in [3.05, 3.63) is 54.1 Å². The lowest BCUT2D eigenvalue weighted by atomic mass is 10.0. The molecule has 1 heterocycles. The van der Waals surface area contributed by atoms with Crippen molar-refractivity contribution >= 4 is 27.3 Å². The van der Waals surface area contributed by atoms with Gasteiger partial charge in [0.1, 0.15) is 0 Å². The van der Waals surface area contributed by atoms with Gasteiger partial charge in [0.25, 0.3) is 0 Å². The van der Waals surface area contributed by atoms with E-state index in [1.807, 2.05) is 37.4 Å². The number of para-hydroxylation sites is 1. The van der Waals surface area contributed by atoms with Gasteiger partial charge in [0, 0.05) is 37.9 Å². The Kier molecular flexibility index (Phi) is 5.58. The van der Waals surface area contributed by atoms with Crippen molar-refractivity contribution in [1.82, 2.24) is 4.72 Å². The average Bonchev–Trinajstić information content (AvgIpc) is 2.65. The zero-order valence-electron chi connectivity index (χ0n) is 14.7. The first kappa shape index (κ1) is 18.4. The van der Waals surface area contributed by atoms with Gasteiger partial charge in [-0.3, -0.25) is 4.79 Å². The molecule has 0 saturated heterocycles. The molecule has 0 fully saturated rings. The number of hydrogen-bond donors (Lipinski definition) is 2. The molecular weight excluding hydrogens is 350 g/mol. The first-order valence-electron chi connectivity index (χ1n) is 8.64. The number of anilines is 2. The van der Waals surface area contributed by atoms with Crippen LogP contribution in [-0.2, 0) is 21.2 Å². The van der Waals surface area contributed by atoms with Crippen LogP contribution in [0, 0.1) is 0 Å². The zero-order valence-corrected chi connectivity index (χ0v) is 15.6. The Labute approximate surface area is 154 Å². The molecule has 6 nitrogen and oxygen atoms in total. The Morgan fingerprint density at radius 1 is 1.12 bits per heavy atom. The van der Waals surface area contributed by atoms with E-state index in [0.717, 1.165) is 17.8 Å². The molecule has 1 aliphatic heterocycles. The summed E-state index contributed by atoms with van der Waals surface area (Å²) in [5, 5.41) is 2.76. The Balaban J connectivity index is 1.55. The minimum atomic E-state index is -3.55. The van der Waals surface area contributed by atoms with Crippen LogP contribution in [0.4, 0.5) is 11.4 Å². The van der Waals surface area contributed by atoms with E-state index in [1.54, 1.807) is 12.1 Å². The van der Waals surface area contributed by atoms with Crippen LogP contribution in [0.2, 0.25) is 0 Å². The number of aryl methyl sites for hydroxylation is 1. The third-order valence-electron chi connectivity index (χ3n) is 4.44. The second-order valence-corrected chi connectivity index (χ2v) is 8.14. The molecular formula is C19H23N3O3S. The van der Waals surface area contributed by atoms with Gasteiger partial charge < -0.3 is 10.2 Å². The van der Waals surface area contributed by atoms with E-state index in [-0.39, 0.29) is 10.8 Å². The Morgan fingerprint density at radius 2 is 1.88 bits per heavy atom. The van der Waals surface area contributed by atoms with Crippen molar-refractivity contribution in [2.75, 3.05) is 30.4 Å². The number of sulfonamides is 1. The number of hydrogen-bond acceptors (Lipinski definition) is 4. The van der Waals surface area contributed by atoms with E-state index in [9.17, 15) is 13.2 Å². The summed E-state index contributed by atoms with van der Waals surface area (Å²) >= 11 is 0. The molecule has 1 amide bonds. The number of fused-ring (bicyclic) bond motifs is 1. The lowest BCUT2D eigenvalue weighted by Crippen LogP contribution is -2.28. The number of carbonyl (C=O) groups excluding carboxylic acids is 1. The van der Waals surface area contributed by atoms with Crippen LogP contribution in [0.25, 0.3) is 0 Å². The highest BCUT2D eigenvalue weighted by molar-refractivity contribution is 7.89. The predicted octanol–water partition coefficient (Wildman–Crippen LogP) is 2.38. The highest BCUT2D eigenvalue weighted by atomic mass is 32.2. The highest BCUT2D eigenvalue weighted by Gasteiger charge is 2.19. The maximum absolute atomic E-state index is 12.5. The molecule has 0 spiro atoms. The largest absolute Gasteiger partial charge is 0.375 e. The number of carbonyl (C=O) groups is 1. The summed E-state index contributed by atoms with van der Waals surface area (Å²) in [6.07, 6.45) is 1.65. The van der Waals surface area contributed by atoms with Gasteiger partial charge in [0.2, 0.25) is 15.9 Å². The number of nitrogens with zero attached hydrogens (tertiary/aromatic N) is 1. The quantitative estimate of drug-likeness (QED) is 0.731. The van der Waals surface area contributed by atoms with Crippen molar-refractivity contribution in [3.63, 3.8) is 0 Å². The van der Waals surface area contributed by atoms with Gasteiger partial charge in [-0.25, -0.2) is 13.1 Å². The summed E-state index contributed by atoms with van der Waals surface area (Å²) in [6.45, 7) is 1.12. The van der Waals surface area contributed by atoms with Crippen LogP contribution in [0.1, 0.15) is 18.4 Å². The summed E-state index contributed by atoms with van der Waals surface area (Å²) in [4.78, 5) is 13.7. The maximum Gasteiger partial charge on any atom is 0.240 e. The smallest absolute Gasteiger partial charge is 0.240 e. The molecule has 7 heteroatoms. The fourth-order valence-corrected chi connectivity index (χ4v) is 4.07. The minimum Gasteiger partial charge on any atom is -0.375 e. The first-order chi connectivity index (χ1) is 12.5. The molecule has 0 bridgehead atoms. The van der Waals surface area contributed by atoms with E-state index in [2.05, 4.69) is 14.9 Å². The van der Waals surface area contributed by atoms with Crippen LogP contribution in [0.3, 0.4) is 0 Å². The van der Waals surface area contributed by atoms with Gasteiger partial charge in [-0.2, -0.15) is 0 Å². The molecule has 2 aromatic rings. The van der Waals surface area contributed by atoms with Gasteiger partial charge in [-0.05, 0) is 48.7 Å². The van der Waals surface area contributed by atoms with Crippen molar-refractivity contribution in [2.24, 2.45) is 0 Å². The first-order valence-corrected chi connectivity index (χ1v) is 10.1. The van der Waals surface area contributed by atoms with E-state index in [0.29, 0.717) is 31.5 Å². The third-order valence-corrected chi connectivity index (χ3v) is 5.90. The summed E-state index contributed by atoms with van der Waals surface area (Å²) in [5.74, 6) is -0.0335. The van der Waals surface area contributed by atoms with Crippen molar-refractivity contribution in [2.45, 2.75) is 24.2 Å². The number of rotatable bonds is 7. The fourth-order valence-electron chi connectivity index (χ4n) is 2.94. The average molecular weight is 373 g/mol. The highest BCUT2D eigenvalue weighted by Crippen LogP contribution is 2.25. The molecule has 0 saturated carbocycles. The number of benzene rings is 2. The van der Waals surface area contributed by atoms with Crippen LogP contribution in [-0.4, -0.2) is 34.5 Å². The Morgan fingerprint density at radius 3 is 2.65 bits per heavy atom. The Bertz CT molecular complexity index is 882. The van der Waals surface area contributed by atoms with Gasteiger partial charge in [-0.15, -0.1) is 0 Å². The van der Waals surface area contributed by atoms with E-state index < -0.39 is 10.0 Å². The van der Waals surface area contributed by atoms with Crippen molar-refractivity contribution in [3.8, 4) is 0 Å². The topological polar surface area (TPSA) is 78.5 Å². The molecule has 2 aromatic carbocycles. The molecule has 3 rings (SSSR count). The van der Waals surface area contributed by atoms with Crippen LogP contribution in [0.5, 0.6) is 0 Å². The lowest BCUT2D eigenvalue weighted by Gasteiger charge is -2.19. The van der Waals surface area contributed by atoms with Gasteiger partial charge >= 0.3 is 0 Å². The molecule has 0 radical (unpaired) electrons. The van der Waals surface area contributed by atoms with Gasteiger partial charge in [-0.1, -0.05) is 18.2 Å². The zero-order chi connectivity index (χ0) is 18.6. The fraction of sp³-hybridized carbons (Fsp3) is 0.316. The van der Waals surface area contributed by atoms with Gasteiger partial charge in [0.05, 0.1) is 4.90 Å². The summed E-state index contributed by atoms with van der Waals surface area (Å²) in [6, 6.07) is 14.8. The van der Waals surface area contributed by atoms with E-state index in [1.165, 1.54) is 6.07 Å². The van der Waals surface area contributed by atoms with E-state index in [4.69, 9.17) is 0 Å². The molecule has 0 aromatic heterocycles. The molecule has 0 aliphatic carbocycles. The van der Waals surface area contributed by atoms with Crippen LogP contribution in [0.15, 0.2) is 53.4 Å². The number of nitrogens with one attached hydrogen (secondary N) is 2. The Hall–Kier alpha value is -2.38. The SMILES string of the molecule is CN(CCCNS(=O)(=O)c1ccc2c(c1)CCC(=O)N2)c1ccccc1. The van der Waals surface area contributed by atoms with E-state index >= 15 is 0 Å². The third kappa shape index (κ3) is 4.42.